The molecule has 1 aromatic carbocycles. The van der Waals surface area contributed by atoms with E-state index in [0.717, 1.165) is 10.9 Å². The summed E-state index contributed by atoms with van der Waals surface area (Å²) in [6.07, 6.45) is 0.134. The van der Waals surface area contributed by atoms with Crippen molar-refractivity contribution >= 4 is 22.6 Å². The number of carbonyl (C=O) groups is 1. The van der Waals surface area contributed by atoms with Gasteiger partial charge in [-0.3, -0.25) is 0 Å². The molecule has 5 heteroatoms. The summed E-state index contributed by atoms with van der Waals surface area (Å²) in [5, 5.41) is 0.894. The Morgan fingerprint density at radius 1 is 1.32 bits per heavy atom. The molecule has 1 heterocycles. The first-order valence-corrected chi connectivity index (χ1v) is 6.23. The van der Waals surface area contributed by atoms with Gasteiger partial charge < -0.3 is 20.2 Å². The van der Waals surface area contributed by atoms with Gasteiger partial charge >= 0.3 is 5.97 Å². The van der Waals surface area contributed by atoms with E-state index >= 15 is 0 Å². The summed E-state index contributed by atoms with van der Waals surface area (Å²) in [5.74, 6) is -0.387. The summed E-state index contributed by atoms with van der Waals surface area (Å²) in [4.78, 5) is 14.8. The van der Waals surface area contributed by atoms with Gasteiger partial charge in [-0.25, -0.2) is 4.79 Å². The second-order valence-corrected chi connectivity index (χ2v) is 4.59. The number of hydrogen-bond donors (Lipinski definition) is 2. The van der Waals surface area contributed by atoms with Crippen LogP contribution in [-0.2, 0) is 9.47 Å². The quantitative estimate of drug-likeness (QED) is 0.492. The van der Waals surface area contributed by atoms with Gasteiger partial charge in [0.05, 0.1) is 12.7 Å². The van der Waals surface area contributed by atoms with Crippen LogP contribution in [-0.4, -0.2) is 30.3 Å². The Labute approximate surface area is 111 Å². The zero-order valence-electron chi connectivity index (χ0n) is 11.1. The van der Waals surface area contributed by atoms with E-state index < -0.39 is 0 Å². The van der Waals surface area contributed by atoms with Crippen LogP contribution in [0.1, 0.15) is 24.3 Å². The third kappa shape index (κ3) is 3.48. The van der Waals surface area contributed by atoms with Gasteiger partial charge in [-0.1, -0.05) is 0 Å². The van der Waals surface area contributed by atoms with Crippen LogP contribution in [0, 0.1) is 0 Å². The van der Waals surface area contributed by atoms with Gasteiger partial charge in [0.2, 0.25) is 0 Å². The molecule has 3 N–H and O–H groups in total. The number of benzene rings is 1. The van der Waals surface area contributed by atoms with Crippen molar-refractivity contribution in [1.29, 1.82) is 0 Å². The van der Waals surface area contributed by atoms with E-state index in [1.807, 2.05) is 26.0 Å². The Balaban J connectivity index is 1.97. The lowest BCUT2D eigenvalue weighted by Crippen LogP contribution is -2.13. The molecule has 2 aromatic rings. The molecule has 19 heavy (non-hydrogen) atoms. The molecule has 2 rings (SSSR count). The van der Waals surface area contributed by atoms with Crippen LogP contribution >= 0.6 is 0 Å². The zero-order valence-corrected chi connectivity index (χ0v) is 11.1. The SMILES string of the molecule is CC(C)OCCOC(=O)c1cc2cc(N)ccc2[nH]1. The third-order valence-electron chi connectivity index (χ3n) is 2.63. The van der Waals surface area contributed by atoms with Gasteiger partial charge in [-0.2, -0.15) is 0 Å². The highest BCUT2D eigenvalue weighted by Crippen LogP contribution is 2.18. The highest BCUT2D eigenvalue weighted by atomic mass is 16.6. The average Bonchev–Trinajstić information content (AvgIpc) is 2.77. The van der Waals surface area contributed by atoms with E-state index in [4.69, 9.17) is 15.2 Å². The van der Waals surface area contributed by atoms with Gasteiger partial charge in [0.15, 0.2) is 0 Å². The molecule has 5 nitrogen and oxygen atoms in total. The molecule has 0 fully saturated rings. The number of nitrogens with two attached hydrogens (primary N) is 1. The number of nitrogens with one attached hydrogen (secondary N) is 1. The fourth-order valence-corrected chi connectivity index (χ4v) is 1.76. The number of carbonyl (C=O) groups excluding carboxylic acids is 1. The molecular weight excluding hydrogens is 244 g/mol. The number of hydrogen-bond acceptors (Lipinski definition) is 4. The van der Waals surface area contributed by atoms with Gasteiger partial charge in [-0.05, 0) is 38.1 Å². The fourth-order valence-electron chi connectivity index (χ4n) is 1.76. The van der Waals surface area contributed by atoms with E-state index in [-0.39, 0.29) is 18.7 Å². The lowest BCUT2D eigenvalue weighted by atomic mass is 10.2. The molecule has 0 aliphatic rings. The molecule has 0 atom stereocenters. The van der Waals surface area contributed by atoms with Crippen molar-refractivity contribution in [3.05, 3.63) is 30.0 Å². The third-order valence-corrected chi connectivity index (χ3v) is 2.63. The maximum absolute atomic E-state index is 11.8. The Hall–Kier alpha value is -2.01. The van der Waals surface area contributed by atoms with Crippen LogP contribution in [0.5, 0.6) is 0 Å². The summed E-state index contributed by atoms with van der Waals surface area (Å²) in [6.45, 7) is 4.51. The molecule has 0 saturated heterocycles. The predicted octanol–water partition coefficient (Wildman–Crippen LogP) is 2.33. The van der Waals surface area contributed by atoms with Crippen molar-refractivity contribution < 1.29 is 14.3 Å². The fraction of sp³-hybridized carbons (Fsp3) is 0.357. The second-order valence-electron chi connectivity index (χ2n) is 4.59. The van der Waals surface area contributed by atoms with E-state index in [1.165, 1.54) is 0 Å². The summed E-state index contributed by atoms with van der Waals surface area (Å²) < 4.78 is 10.4. The standard InChI is InChI=1S/C14H18N2O3/c1-9(2)18-5-6-19-14(17)13-8-10-7-11(15)3-4-12(10)16-13/h3-4,7-9,16H,5-6,15H2,1-2H3. The van der Waals surface area contributed by atoms with E-state index in [9.17, 15) is 4.79 Å². The van der Waals surface area contributed by atoms with Gasteiger partial charge in [-0.15, -0.1) is 0 Å². The largest absolute Gasteiger partial charge is 0.459 e. The number of fused-ring (bicyclic) bond motifs is 1. The van der Waals surface area contributed by atoms with Crippen molar-refractivity contribution in [2.75, 3.05) is 18.9 Å². The number of nitrogen functional groups attached to an aromatic ring is 1. The first kappa shape index (κ1) is 13.4. The molecule has 0 radical (unpaired) electrons. The number of ether oxygens (including phenoxy) is 2. The lowest BCUT2D eigenvalue weighted by Gasteiger charge is -2.07. The summed E-state index contributed by atoms with van der Waals surface area (Å²) in [7, 11) is 0. The molecule has 0 aliphatic carbocycles. The van der Waals surface area contributed by atoms with Crippen molar-refractivity contribution in [2.45, 2.75) is 20.0 Å². The number of rotatable bonds is 5. The van der Waals surface area contributed by atoms with Crippen molar-refractivity contribution in [1.82, 2.24) is 4.98 Å². The van der Waals surface area contributed by atoms with E-state index in [0.29, 0.717) is 18.0 Å². The van der Waals surface area contributed by atoms with E-state index in [1.54, 1.807) is 12.1 Å². The second kappa shape index (κ2) is 5.75. The Morgan fingerprint density at radius 2 is 2.11 bits per heavy atom. The number of anilines is 1. The number of H-pyrrole nitrogens is 1. The molecule has 102 valence electrons. The zero-order chi connectivity index (χ0) is 13.8. The smallest absolute Gasteiger partial charge is 0.354 e. The summed E-state index contributed by atoms with van der Waals surface area (Å²) in [6, 6.07) is 7.16. The molecule has 0 unspecified atom stereocenters. The predicted molar refractivity (Wildman–Crippen MR) is 74.1 cm³/mol. The molecule has 0 bridgehead atoms. The first-order valence-electron chi connectivity index (χ1n) is 6.23. The molecule has 0 aliphatic heterocycles. The monoisotopic (exact) mass is 262 g/mol. The van der Waals surface area contributed by atoms with Crippen LogP contribution in [0.3, 0.4) is 0 Å². The molecule has 1 aromatic heterocycles. The van der Waals surface area contributed by atoms with E-state index in [2.05, 4.69) is 4.98 Å². The maximum atomic E-state index is 11.8. The van der Waals surface area contributed by atoms with Crippen molar-refractivity contribution in [3.63, 3.8) is 0 Å². The minimum atomic E-state index is -0.387. The van der Waals surface area contributed by atoms with Gasteiger partial charge in [0.1, 0.15) is 12.3 Å². The van der Waals surface area contributed by atoms with Crippen LogP contribution in [0.2, 0.25) is 0 Å². The Morgan fingerprint density at radius 3 is 2.84 bits per heavy atom. The minimum absolute atomic E-state index is 0.134. The topological polar surface area (TPSA) is 77.3 Å². The number of esters is 1. The van der Waals surface area contributed by atoms with Crippen molar-refractivity contribution in [3.8, 4) is 0 Å². The van der Waals surface area contributed by atoms with Gasteiger partial charge in [0, 0.05) is 16.6 Å². The molecule has 0 amide bonds. The van der Waals surface area contributed by atoms with Gasteiger partial charge in [0.25, 0.3) is 0 Å². The number of aromatic amines is 1. The van der Waals surface area contributed by atoms with Crippen LogP contribution in [0.25, 0.3) is 10.9 Å². The van der Waals surface area contributed by atoms with Crippen LogP contribution in [0.15, 0.2) is 24.3 Å². The minimum Gasteiger partial charge on any atom is -0.459 e. The molecule has 0 saturated carbocycles. The highest BCUT2D eigenvalue weighted by Gasteiger charge is 2.11. The lowest BCUT2D eigenvalue weighted by molar-refractivity contribution is 0.0173. The molecular formula is C14H18N2O3. The normalized spacial score (nSPS) is 11.1. The number of aromatic nitrogens is 1. The average molecular weight is 262 g/mol. The van der Waals surface area contributed by atoms with Crippen LogP contribution in [0.4, 0.5) is 5.69 Å². The highest BCUT2D eigenvalue weighted by molar-refractivity contribution is 5.95. The first-order chi connectivity index (χ1) is 9.06. The maximum Gasteiger partial charge on any atom is 0.354 e. The Bertz CT molecular complexity index is 575. The summed E-state index contributed by atoms with van der Waals surface area (Å²) in [5.41, 5.74) is 7.63. The Kier molecular flexibility index (Phi) is 4.06. The van der Waals surface area contributed by atoms with Crippen LogP contribution < -0.4 is 5.73 Å². The molecule has 0 spiro atoms. The van der Waals surface area contributed by atoms with Crippen molar-refractivity contribution in [2.24, 2.45) is 0 Å². The summed E-state index contributed by atoms with van der Waals surface area (Å²) >= 11 is 0.